The van der Waals surface area contributed by atoms with Crippen LogP contribution in [0.4, 0.5) is 10.3 Å². The summed E-state index contributed by atoms with van der Waals surface area (Å²) in [5, 5.41) is 63.9. The van der Waals surface area contributed by atoms with Crippen molar-refractivity contribution in [3.8, 4) is 0 Å². The summed E-state index contributed by atoms with van der Waals surface area (Å²) in [6.07, 6.45) is -0.306. The third-order valence-corrected chi connectivity index (χ3v) is 30.6. The van der Waals surface area contributed by atoms with Gasteiger partial charge in [-0.15, -0.1) is 68.9 Å². The number of aromatic nitrogens is 4. The Labute approximate surface area is 606 Å². The van der Waals surface area contributed by atoms with Gasteiger partial charge in [0.2, 0.25) is 0 Å². The minimum absolute atomic E-state index is 0. The molecule has 0 aromatic carbocycles. The largest absolute Gasteiger partial charge is 1.00 e. The number of thiazole rings is 4. The molecule has 6 N–H and O–H groups in total. The van der Waals surface area contributed by atoms with Gasteiger partial charge in [-0.3, -0.25) is 47.7 Å². The molecule has 0 unspecified atom stereocenters. The number of aryl methyl sites for hydroxylation is 2. The zero-order chi connectivity index (χ0) is 66.4. The first kappa shape index (κ1) is 78.9. The van der Waals surface area contributed by atoms with E-state index in [-0.39, 0.29) is 152 Å². The van der Waals surface area contributed by atoms with Crippen molar-refractivity contribution < 1.29 is 137 Å². The van der Waals surface area contributed by atoms with Crippen molar-refractivity contribution in [1.29, 1.82) is 0 Å². The van der Waals surface area contributed by atoms with Crippen LogP contribution in [0.5, 0.6) is 0 Å². The summed E-state index contributed by atoms with van der Waals surface area (Å²) in [6, 6.07) is -2.07. The van der Waals surface area contributed by atoms with Crippen LogP contribution in [-0.4, -0.2) is 182 Å². The Morgan fingerprint density at radius 2 is 0.967 bits per heavy atom. The Hall–Kier alpha value is -3.84. The third-order valence-electron chi connectivity index (χ3n) is 14.1. The number of carboxylic acids is 4. The van der Waals surface area contributed by atoms with E-state index in [0.717, 1.165) is 32.5 Å². The Morgan fingerprint density at radius 1 is 0.630 bits per heavy atom. The number of nitrogens with one attached hydrogen (secondary N) is 4. The maximum absolute atomic E-state index is 13.4. The number of carbonyl (C=O) groups excluding carboxylic acids is 6. The van der Waals surface area contributed by atoms with Crippen LogP contribution in [0.15, 0.2) is 52.3 Å². The Kier molecular flexibility index (Phi) is 29.1. The normalized spacial score (nSPS) is 18.2. The number of amides is 4. The average Bonchev–Trinajstić information content (AvgIpc) is 0.934. The van der Waals surface area contributed by atoms with E-state index in [1.807, 2.05) is 55.4 Å². The van der Waals surface area contributed by atoms with E-state index in [1.54, 1.807) is 24.6 Å². The number of carboxylic acid groups (broad SMARTS) is 4. The zero-order valence-corrected chi connectivity index (χ0v) is 64.7. The standard InChI is InChI=1S/2C26H33N6O8PS4.2Na/c2*1-11(2)41(39,12(3)4)31-25-28-15(10-43-25)18(30-40-6)21(35)29-19-22(36)32-20(24(37)38)14(8-42-23(19)32)9-44-26-27-13(5)16(45-26)7-17(33)34;;/h2*10-12,19,23H,7-9H2,1-6H3,(H,29,35)(H,33,34)(H,37,38)(H,28,31,39);;/q;;2*+1/p-2/t2*19-,23-;;/m11../s1. The van der Waals surface area contributed by atoms with Gasteiger partial charge in [-0.1, -0.05) is 89.2 Å². The van der Waals surface area contributed by atoms with Crippen molar-refractivity contribution in [1.82, 2.24) is 40.4 Å². The summed E-state index contributed by atoms with van der Waals surface area (Å²) < 4.78 is 28.1. The zero-order valence-electron chi connectivity index (χ0n) is 52.4. The van der Waals surface area contributed by atoms with Crippen LogP contribution >= 0.6 is 107 Å². The number of β-lactam (4-membered cyclic amide) rings is 2. The van der Waals surface area contributed by atoms with Crippen molar-refractivity contribution >= 4 is 176 Å². The van der Waals surface area contributed by atoms with Gasteiger partial charge in [0.05, 0.1) is 47.6 Å². The molecule has 28 nitrogen and oxygen atoms in total. The number of rotatable bonds is 28. The number of hydrogen-bond acceptors (Lipinski definition) is 28. The van der Waals surface area contributed by atoms with Crippen molar-refractivity contribution in [3.05, 3.63) is 65.8 Å². The van der Waals surface area contributed by atoms with E-state index in [4.69, 9.17) is 19.9 Å². The summed E-state index contributed by atoms with van der Waals surface area (Å²) in [7, 11) is -3.17. The Balaban J connectivity index is 0.000000327. The van der Waals surface area contributed by atoms with E-state index in [1.165, 1.54) is 83.9 Å². The fourth-order valence-electron chi connectivity index (χ4n) is 9.28. The van der Waals surface area contributed by atoms with Gasteiger partial charge in [0.1, 0.15) is 48.4 Å². The SMILES string of the molecule is CON=C(C(=O)N[C@@H]1C(=O)N2C(C(=O)[O-])=C(CSc3nc(C)c(CC(=O)O)s3)CS[C@H]12)c1csc(NP(=O)(C(C)C)C(C)C)n1.CON=C(C(=O)N[C@@H]1C(=O)N2C(C(=O)[O-])=C(CSc3nc(C)c(CC(=O)O)s3)CS[C@H]12)c1csc(NP(=O)(C(C)C)C(C)C)n1.[Na+].[Na+]. The first-order valence-corrected chi connectivity index (χ1v) is 38.4. The summed E-state index contributed by atoms with van der Waals surface area (Å²) in [6.45, 7) is 18.3. The molecule has 92 heavy (non-hydrogen) atoms. The maximum atomic E-state index is 13.4. The molecule has 4 aliphatic rings. The minimum atomic E-state index is -2.84. The van der Waals surface area contributed by atoms with E-state index in [2.05, 4.69) is 51.1 Å². The number of hydrogen-bond donors (Lipinski definition) is 6. The van der Waals surface area contributed by atoms with Crippen LogP contribution in [0.2, 0.25) is 0 Å². The number of aliphatic carboxylic acids is 4. The topological polar surface area (TPSA) is 407 Å². The molecule has 4 aromatic rings. The predicted octanol–water partition coefficient (Wildman–Crippen LogP) is -0.815. The second-order valence-corrected chi connectivity index (χ2v) is 37.2. The predicted molar refractivity (Wildman–Crippen MR) is 346 cm³/mol. The molecule has 0 bridgehead atoms. The van der Waals surface area contributed by atoms with Crippen molar-refractivity contribution in [3.63, 3.8) is 0 Å². The van der Waals surface area contributed by atoms with Crippen LogP contribution in [-0.2, 0) is 70.0 Å². The van der Waals surface area contributed by atoms with Crippen LogP contribution in [0.1, 0.15) is 87.9 Å². The molecule has 4 aromatic heterocycles. The summed E-state index contributed by atoms with van der Waals surface area (Å²) >= 11 is 9.84. The quantitative estimate of drug-likeness (QED) is 0.0101. The molecule has 0 spiro atoms. The molecule has 4 atom stereocenters. The van der Waals surface area contributed by atoms with E-state index in [0.29, 0.717) is 51.2 Å². The van der Waals surface area contributed by atoms with Crippen LogP contribution in [0.3, 0.4) is 0 Å². The minimum Gasteiger partial charge on any atom is -0.543 e. The van der Waals surface area contributed by atoms with Crippen LogP contribution < -0.4 is 90.1 Å². The van der Waals surface area contributed by atoms with Gasteiger partial charge in [0.15, 0.2) is 45.0 Å². The molecule has 488 valence electrons. The average molecular weight is 1480 g/mol. The number of oxime groups is 2. The van der Waals surface area contributed by atoms with Crippen molar-refractivity contribution in [2.45, 2.75) is 136 Å². The third kappa shape index (κ3) is 18.0. The molecular weight excluding hydrogens is 1410 g/mol. The number of thioether (sulfide) groups is 4. The van der Waals surface area contributed by atoms with Gasteiger partial charge in [-0.25, -0.2) is 19.9 Å². The van der Waals surface area contributed by atoms with Crippen molar-refractivity contribution in [2.75, 3.05) is 47.4 Å². The Bertz CT molecular complexity index is 3460. The molecule has 0 saturated carbocycles. The van der Waals surface area contributed by atoms with Gasteiger partial charge in [-0.2, -0.15) is 0 Å². The monoisotopic (exact) mass is 1480 g/mol. The fraction of sp³-hybridized carbons (Fsp3) is 0.500. The molecule has 4 amide bonds. The molecule has 0 aliphatic carbocycles. The van der Waals surface area contributed by atoms with Gasteiger partial charge in [0.25, 0.3) is 23.6 Å². The van der Waals surface area contributed by atoms with Crippen LogP contribution in [0.25, 0.3) is 0 Å². The maximum Gasteiger partial charge on any atom is 1.00 e. The van der Waals surface area contributed by atoms with Gasteiger partial charge in [0, 0.05) is 66.2 Å². The second-order valence-electron chi connectivity index (χ2n) is 21.2. The second kappa shape index (κ2) is 33.9. The van der Waals surface area contributed by atoms with Gasteiger partial charge >= 0.3 is 71.1 Å². The Morgan fingerprint density at radius 3 is 1.26 bits per heavy atom. The fourth-order valence-corrected chi connectivity index (χ4v) is 23.2. The smallest absolute Gasteiger partial charge is 0.543 e. The van der Waals surface area contributed by atoms with Crippen LogP contribution in [0, 0.1) is 13.8 Å². The number of nitrogens with zero attached hydrogens (tertiary/aromatic N) is 8. The van der Waals surface area contributed by atoms with E-state index in [9.17, 15) is 57.7 Å². The molecule has 4 aliphatic heterocycles. The van der Waals surface area contributed by atoms with Crippen molar-refractivity contribution in [2.24, 2.45) is 10.3 Å². The molecule has 2 fully saturated rings. The number of carbonyl (C=O) groups is 8. The summed E-state index contributed by atoms with van der Waals surface area (Å²) in [5.41, 5.74) is 0.928. The summed E-state index contributed by atoms with van der Waals surface area (Å²) in [4.78, 5) is 130. The van der Waals surface area contributed by atoms with E-state index >= 15 is 0 Å². The molecule has 40 heteroatoms. The van der Waals surface area contributed by atoms with E-state index < -0.39 is 84.9 Å². The molecule has 0 radical (unpaired) electrons. The molecule has 8 heterocycles. The first-order valence-electron chi connectivity index (χ1n) is 27.2. The molecule has 8 rings (SSSR count). The van der Waals surface area contributed by atoms with Gasteiger partial charge < -0.3 is 60.5 Å². The molecular formula is C52H64N12Na2O16P2S8. The molecule has 2 saturated heterocycles. The first-order chi connectivity index (χ1) is 42.3. The van der Waals surface area contributed by atoms with Gasteiger partial charge in [-0.05, 0) is 25.0 Å². The number of fused-ring (bicyclic) bond motifs is 2. The summed E-state index contributed by atoms with van der Waals surface area (Å²) in [5.74, 6) is -6.79. The number of anilines is 2.